The number of anilines is 1. The number of aryl methyl sites for hydroxylation is 1. The third-order valence-electron chi connectivity index (χ3n) is 3.13. The number of rotatable bonds is 2. The molecule has 3 nitrogen and oxygen atoms in total. The number of nitrogens with zero attached hydrogens (tertiary/aromatic N) is 1. The van der Waals surface area contributed by atoms with Crippen LogP contribution in [0.4, 0.5) is 5.69 Å². The Labute approximate surface area is 126 Å². The molecule has 1 heterocycles. The fourth-order valence-electron chi connectivity index (χ4n) is 2.12. The molecule has 20 heavy (non-hydrogen) atoms. The number of oxazole rings is 1. The van der Waals surface area contributed by atoms with E-state index in [0.29, 0.717) is 15.9 Å². The van der Waals surface area contributed by atoms with Crippen LogP contribution in [-0.4, -0.2) is 12.0 Å². The van der Waals surface area contributed by atoms with Crippen molar-refractivity contribution in [1.82, 2.24) is 4.98 Å². The molecule has 0 atom stereocenters. The van der Waals surface area contributed by atoms with E-state index in [1.165, 1.54) is 0 Å². The molecule has 0 aliphatic heterocycles. The summed E-state index contributed by atoms with van der Waals surface area (Å²) in [5, 5.41) is 4.21. The van der Waals surface area contributed by atoms with Gasteiger partial charge in [-0.05, 0) is 42.8 Å². The molecule has 3 rings (SSSR count). The van der Waals surface area contributed by atoms with Crippen LogP contribution >= 0.6 is 23.2 Å². The number of benzene rings is 2. The van der Waals surface area contributed by atoms with E-state index < -0.39 is 0 Å². The van der Waals surface area contributed by atoms with E-state index in [4.69, 9.17) is 27.6 Å². The molecule has 0 unspecified atom stereocenters. The fourth-order valence-corrected chi connectivity index (χ4v) is 2.61. The van der Waals surface area contributed by atoms with Crippen LogP contribution in [0.2, 0.25) is 10.0 Å². The van der Waals surface area contributed by atoms with Gasteiger partial charge in [0, 0.05) is 17.8 Å². The van der Waals surface area contributed by atoms with Crippen LogP contribution in [0.15, 0.2) is 34.7 Å². The lowest BCUT2D eigenvalue weighted by molar-refractivity contribution is 0.617. The average Bonchev–Trinajstić information content (AvgIpc) is 2.82. The van der Waals surface area contributed by atoms with Crippen molar-refractivity contribution in [2.75, 3.05) is 12.4 Å². The molecular weight excluding hydrogens is 295 g/mol. The van der Waals surface area contributed by atoms with E-state index in [-0.39, 0.29) is 0 Å². The lowest BCUT2D eigenvalue weighted by atomic mass is 10.2. The molecule has 1 N–H and O–H groups in total. The van der Waals surface area contributed by atoms with Gasteiger partial charge in [0.1, 0.15) is 5.52 Å². The van der Waals surface area contributed by atoms with Crippen LogP contribution in [-0.2, 0) is 0 Å². The number of aromatic nitrogens is 1. The Morgan fingerprint density at radius 3 is 2.65 bits per heavy atom. The minimum Gasteiger partial charge on any atom is -0.436 e. The first kappa shape index (κ1) is 13.3. The molecule has 0 amide bonds. The zero-order chi connectivity index (χ0) is 14.3. The molecular formula is C15H12Cl2N2O. The van der Waals surface area contributed by atoms with Crippen LogP contribution in [0.3, 0.4) is 0 Å². The maximum atomic E-state index is 6.19. The Balaban J connectivity index is 2.20. The van der Waals surface area contributed by atoms with Crippen LogP contribution in [0.25, 0.3) is 22.6 Å². The van der Waals surface area contributed by atoms with Gasteiger partial charge in [-0.2, -0.15) is 0 Å². The zero-order valence-corrected chi connectivity index (χ0v) is 12.5. The van der Waals surface area contributed by atoms with Gasteiger partial charge in [-0.25, -0.2) is 4.98 Å². The molecule has 3 aromatic rings. The maximum Gasteiger partial charge on any atom is 0.228 e. The third kappa shape index (κ3) is 2.23. The second kappa shape index (κ2) is 5.00. The molecule has 0 aliphatic rings. The van der Waals surface area contributed by atoms with Gasteiger partial charge in [0.05, 0.1) is 10.6 Å². The molecule has 5 heteroatoms. The van der Waals surface area contributed by atoms with Crippen LogP contribution in [0, 0.1) is 6.92 Å². The number of hydrogen-bond donors (Lipinski definition) is 1. The molecule has 0 radical (unpaired) electrons. The summed E-state index contributed by atoms with van der Waals surface area (Å²) >= 11 is 12.1. The van der Waals surface area contributed by atoms with Crippen LogP contribution in [0.5, 0.6) is 0 Å². The summed E-state index contributed by atoms with van der Waals surface area (Å²) < 4.78 is 5.84. The third-order valence-corrected chi connectivity index (χ3v) is 3.67. The Kier molecular flexibility index (Phi) is 3.32. The second-order valence-electron chi connectivity index (χ2n) is 4.53. The summed E-state index contributed by atoms with van der Waals surface area (Å²) in [4.78, 5) is 4.51. The van der Waals surface area contributed by atoms with Gasteiger partial charge in [-0.15, -0.1) is 0 Å². The van der Waals surface area contributed by atoms with Crippen molar-refractivity contribution in [2.24, 2.45) is 0 Å². The van der Waals surface area contributed by atoms with Crippen molar-refractivity contribution in [3.05, 3.63) is 45.9 Å². The monoisotopic (exact) mass is 306 g/mol. The van der Waals surface area contributed by atoms with Gasteiger partial charge in [0.2, 0.25) is 5.89 Å². The van der Waals surface area contributed by atoms with E-state index in [1.807, 2.05) is 32.2 Å². The lowest BCUT2D eigenvalue weighted by Crippen LogP contribution is -1.88. The average molecular weight is 307 g/mol. The van der Waals surface area contributed by atoms with Crippen molar-refractivity contribution < 1.29 is 4.42 Å². The molecule has 0 saturated carbocycles. The molecule has 2 aromatic carbocycles. The minimum absolute atomic E-state index is 0.498. The Morgan fingerprint density at radius 1 is 1.15 bits per heavy atom. The Bertz CT molecular complexity index is 796. The molecule has 0 fully saturated rings. The molecule has 1 aromatic heterocycles. The molecule has 0 aliphatic carbocycles. The highest BCUT2D eigenvalue weighted by Gasteiger charge is 2.14. The number of hydrogen-bond acceptors (Lipinski definition) is 3. The molecule has 0 saturated heterocycles. The number of fused-ring (bicyclic) bond motifs is 1. The normalized spacial score (nSPS) is 11.0. The predicted octanol–water partition coefficient (Wildman–Crippen LogP) is 5.15. The fraction of sp³-hybridized carbons (Fsp3) is 0.133. The lowest BCUT2D eigenvalue weighted by Gasteiger charge is -2.00. The van der Waals surface area contributed by atoms with Gasteiger partial charge < -0.3 is 9.73 Å². The summed E-state index contributed by atoms with van der Waals surface area (Å²) in [5.74, 6) is 0.498. The van der Waals surface area contributed by atoms with Gasteiger partial charge in [0.15, 0.2) is 5.58 Å². The maximum absolute atomic E-state index is 6.19. The Morgan fingerprint density at radius 2 is 1.95 bits per heavy atom. The first-order chi connectivity index (χ1) is 9.58. The highest BCUT2D eigenvalue weighted by molar-refractivity contribution is 6.36. The van der Waals surface area contributed by atoms with Crippen molar-refractivity contribution >= 4 is 40.0 Å². The summed E-state index contributed by atoms with van der Waals surface area (Å²) in [6.07, 6.45) is 0. The van der Waals surface area contributed by atoms with Gasteiger partial charge in [-0.1, -0.05) is 23.2 Å². The van der Waals surface area contributed by atoms with E-state index in [2.05, 4.69) is 10.3 Å². The van der Waals surface area contributed by atoms with Gasteiger partial charge >= 0.3 is 0 Å². The summed E-state index contributed by atoms with van der Waals surface area (Å²) in [6, 6.07) is 9.21. The van der Waals surface area contributed by atoms with Crippen molar-refractivity contribution in [1.29, 1.82) is 0 Å². The van der Waals surface area contributed by atoms with Crippen molar-refractivity contribution in [2.45, 2.75) is 6.92 Å². The standard InChI is InChI=1S/C15H12Cl2N2O/c1-8-5-10(18-2)7-13-14(8)20-15(19-13)11-4-3-9(16)6-12(11)17/h3-7,18H,1-2H3. The quantitative estimate of drug-likeness (QED) is 0.711. The number of halogens is 2. The largest absolute Gasteiger partial charge is 0.436 e. The number of nitrogens with one attached hydrogen (secondary N) is 1. The topological polar surface area (TPSA) is 38.1 Å². The van der Waals surface area contributed by atoms with E-state index in [9.17, 15) is 0 Å². The van der Waals surface area contributed by atoms with Crippen LogP contribution < -0.4 is 5.32 Å². The Hall–Kier alpha value is -1.71. The zero-order valence-electron chi connectivity index (χ0n) is 11.0. The van der Waals surface area contributed by atoms with E-state index in [0.717, 1.165) is 27.9 Å². The van der Waals surface area contributed by atoms with Gasteiger partial charge in [-0.3, -0.25) is 0 Å². The molecule has 102 valence electrons. The highest BCUT2D eigenvalue weighted by atomic mass is 35.5. The first-order valence-electron chi connectivity index (χ1n) is 6.13. The summed E-state index contributed by atoms with van der Waals surface area (Å²) in [5.41, 5.74) is 4.32. The van der Waals surface area contributed by atoms with Gasteiger partial charge in [0.25, 0.3) is 0 Å². The second-order valence-corrected chi connectivity index (χ2v) is 5.38. The summed E-state index contributed by atoms with van der Waals surface area (Å²) in [7, 11) is 1.87. The summed E-state index contributed by atoms with van der Waals surface area (Å²) in [6.45, 7) is 1.99. The predicted molar refractivity (Wildman–Crippen MR) is 83.7 cm³/mol. The van der Waals surface area contributed by atoms with E-state index in [1.54, 1.807) is 12.1 Å². The SMILES string of the molecule is CNc1cc(C)c2oc(-c3ccc(Cl)cc3Cl)nc2c1. The highest BCUT2D eigenvalue weighted by Crippen LogP contribution is 2.33. The smallest absolute Gasteiger partial charge is 0.228 e. The van der Waals surface area contributed by atoms with Crippen molar-refractivity contribution in [3.63, 3.8) is 0 Å². The first-order valence-corrected chi connectivity index (χ1v) is 6.88. The molecule has 0 bridgehead atoms. The molecule has 0 spiro atoms. The van der Waals surface area contributed by atoms with Crippen LogP contribution in [0.1, 0.15) is 5.56 Å². The minimum atomic E-state index is 0.498. The van der Waals surface area contributed by atoms with E-state index >= 15 is 0 Å². The van der Waals surface area contributed by atoms with Crippen molar-refractivity contribution in [3.8, 4) is 11.5 Å².